The Labute approximate surface area is 52.4 Å². The van der Waals surface area contributed by atoms with Crippen molar-refractivity contribution in [3.63, 3.8) is 0 Å². The first-order valence-electron chi connectivity index (χ1n) is 1.95. The van der Waals surface area contributed by atoms with Crippen molar-refractivity contribution < 1.29 is 24.4 Å². The molecule has 0 bridgehead atoms. The largest absolute Gasteiger partial charge is 0.473 e. The van der Waals surface area contributed by atoms with Crippen LogP contribution in [-0.4, -0.2) is 33.5 Å². The molecule has 0 rings (SSSR count). The molecule has 2 N–H and O–H groups in total. The zero-order valence-electron chi connectivity index (χ0n) is 4.61. The highest BCUT2D eigenvalue weighted by molar-refractivity contribution is 7.50. The van der Waals surface area contributed by atoms with Crippen molar-refractivity contribution in [3.05, 3.63) is 0 Å². The van der Waals surface area contributed by atoms with Crippen LogP contribution in [0.1, 0.15) is 0 Å². The lowest BCUT2D eigenvalue weighted by atomic mass is 10.7. The van der Waals surface area contributed by atoms with Crippen molar-refractivity contribution in [2.45, 2.75) is 0 Å². The van der Waals surface area contributed by atoms with E-state index in [1.54, 1.807) is 0 Å². The predicted molar refractivity (Wildman–Crippen MR) is 28.2 cm³/mol. The van der Waals surface area contributed by atoms with Crippen LogP contribution in [0.3, 0.4) is 0 Å². The third kappa shape index (κ3) is 2.19. The van der Waals surface area contributed by atoms with Crippen LogP contribution >= 0.6 is 8.46 Å². The Hall–Kier alpha value is -0.960. The van der Waals surface area contributed by atoms with Crippen molar-refractivity contribution >= 4 is 19.9 Å². The summed E-state index contributed by atoms with van der Waals surface area (Å²) in [5.74, 6) is -1.41. The second-order valence-electron chi connectivity index (χ2n) is 1.24. The summed E-state index contributed by atoms with van der Waals surface area (Å²) in [7, 11) is 0.369. The quantitative estimate of drug-likeness (QED) is 0.188. The van der Waals surface area contributed by atoms with E-state index in [1.165, 1.54) is 0 Å². The molecule has 6 heteroatoms. The lowest BCUT2D eigenvalue weighted by Crippen LogP contribution is -2.17. The van der Waals surface area contributed by atoms with Gasteiger partial charge in [0.25, 0.3) is 8.46 Å². The van der Waals surface area contributed by atoms with Gasteiger partial charge in [-0.2, -0.15) is 0 Å². The lowest BCUT2D eigenvalue weighted by Gasteiger charge is -1.81. The molecule has 0 saturated heterocycles. The minimum atomic E-state index is -1.41. The van der Waals surface area contributed by atoms with Gasteiger partial charge < -0.3 is 5.11 Å². The van der Waals surface area contributed by atoms with Crippen LogP contribution < -0.4 is 0 Å². The smallest absolute Gasteiger partial charge is 0.413 e. The number of carboxylic acids is 1. The number of hydrogen-bond donors (Lipinski definition) is 2. The van der Waals surface area contributed by atoms with Gasteiger partial charge in [-0.25, -0.2) is 4.79 Å². The lowest BCUT2D eigenvalue weighted by molar-refractivity contribution is -0.752. The fourth-order valence-corrected chi connectivity index (χ4v) is 0.433. The van der Waals surface area contributed by atoms with E-state index in [0.717, 1.165) is 7.05 Å². The highest BCUT2D eigenvalue weighted by Crippen LogP contribution is 1.94. The first kappa shape index (κ1) is 8.04. The van der Waals surface area contributed by atoms with E-state index in [4.69, 9.17) is 10.3 Å². The first-order valence-corrected chi connectivity index (χ1v) is 2.77. The Balaban J connectivity index is 4.55. The minimum Gasteiger partial charge on any atom is -0.473 e. The van der Waals surface area contributed by atoms with E-state index >= 15 is 0 Å². The highest BCUT2D eigenvalue weighted by Gasteiger charge is 2.20. The van der Waals surface area contributed by atoms with Gasteiger partial charge in [-0.05, 0) is 4.74 Å². The molecule has 0 aromatic carbocycles. The van der Waals surface area contributed by atoms with E-state index in [0.29, 0.717) is 0 Å². The number of carboxylic acid groups (broad SMARTS) is 1. The molecule has 50 valence electrons. The highest BCUT2D eigenvalue weighted by atomic mass is 31.1. The van der Waals surface area contributed by atoms with Gasteiger partial charge in [0.1, 0.15) is 0 Å². The standard InChI is InChI=1S/C3H4NO4P/c1-4(7)2(9-8)3(5)6/h1H3,(H-,5,6,7,8)/p+1. The zero-order chi connectivity index (χ0) is 7.44. The third-order valence-corrected chi connectivity index (χ3v) is 1.24. The van der Waals surface area contributed by atoms with Crippen LogP contribution in [0, 0.1) is 0 Å². The predicted octanol–water partition coefficient (Wildman–Crippen LogP) is -0.207. The summed E-state index contributed by atoms with van der Waals surface area (Å²) >= 11 is 0. The number of rotatable bonds is 2. The molecule has 0 amide bonds. The maximum atomic E-state index is 9.93. The zero-order valence-corrected chi connectivity index (χ0v) is 5.50. The number of nitrogens with zero attached hydrogens (tertiary/aromatic N) is 1. The molecule has 0 spiro atoms. The summed E-state index contributed by atoms with van der Waals surface area (Å²) in [5.41, 5.74) is -0.588. The first-order chi connectivity index (χ1) is 4.09. The van der Waals surface area contributed by atoms with Gasteiger partial charge in [0.2, 0.25) is 0 Å². The number of carbonyl (C=O) groups is 1. The Bertz CT molecular complexity index is 171. The van der Waals surface area contributed by atoms with Gasteiger partial charge in [0, 0.05) is 0 Å². The maximum Gasteiger partial charge on any atom is 0.413 e. The Kier molecular flexibility index (Phi) is 2.81. The van der Waals surface area contributed by atoms with Gasteiger partial charge in [0.05, 0.1) is 0 Å². The maximum absolute atomic E-state index is 9.93. The average molecular weight is 150 g/mol. The summed E-state index contributed by atoms with van der Waals surface area (Å²) in [4.78, 5) is 9.93. The molecule has 0 aromatic rings. The summed E-state index contributed by atoms with van der Waals surface area (Å²) in [5, 5.41) is 16.5. The van der Waals surface area contributed by atoms with Gasteiger partial charge in [-0.15, -0.1) is 0 Å². The van der Waals surface area contributed by atoms with E-state index < -0.39 is 19.9 Å². The van der Waals surface area contributed by atoms with Gasteiger partial charge in [-0.3, -0.25) is 9.77 Å². The molecule has 0 aliphatic heterocycles. The van der Waals surface area contributed by atoms with Gasteiger partial charge in [0.15, 0.2) is 7.05 Å². The van der Waals surface area contributed by atoms with E-state index in [2.05, 4.69) is 0 Å². The van der Waals surface area contributed by atoms with Crippen LogP contribution in [0.5, 0.6) is 0 Å². The molecule has 0 aliphatic rings. The fourth-order valence-electron chi connectivity index (χ4n) is 0.237. The van der Waals surface area contributed by atoms with Crippen LogP contribution in [-0.2, 0) is 9.36 Å². The van der Waals surface area contributed by atoms with Crippen molar-refractivity contribution in [2.24, 2.45) is 0 Å². The average Bonchev–Trinajstić information content (AvgIpc) is 1.64. The second-order valence-corrected chi connectivity index (χ2v) is 1.85. The topological polar surface area (TPSA) is 77.6 Å². The molecule has 0 saturated carbocycles. The molecule has 5 nitrogen and oxygen atoms in total. The number of aliphatic carboxylic acids is 1. The number of hydrogen-bond acceptors (Lipinski definition) is 3. The van der Waals surface area contributed by atoms with Crippen molar-refractivity contribution in [1.29, 1.82) is 0 Å². The fraction of sp³-hybridized carbons (Fsp3) is 0.333. The molecular formula is C3H5NO4P+. The van der Waals surface area contributed by atoms with Crippen molar-refractivity contribution in [3.8, 4) is 0 Å². The summed E-state index contributed by atoms with van der Waals surface area (Å²) in [6, 6.07) is 0. The SMILES string of the molecule is C[N+](O)=C(P=O)C(=O)O. The van der Waals surface area contributed by atoms with E-state index in [9.17, 15) is 9.36 Å². The third-order valence-electron chi connectivity index (χ3n) is 0.584. The molecule has 0 atom stereocenters. The molecule has 0 fully saturated rings. The molecular weight excluding hydrogens is 145 g/mol. The molecule has 9 heavy (non-hydrogen) atoms. The molecule has 0 aromatic heterocycles. The summed E-state index contributed by atoms with van der Waals surface area (Å²) in [6.45, 7) is 0. The van der Waals surface area contributed by atoms with Crippen LogP contribution in [0.2, 0.25) is 0 Å². The van der Waals surface area contributed by atoms with E-state index in [-0.39, 0.29) is 4.74 Å². The van der Waals surface area contributed by atoms with Gasteiger partial charge in [-0.1, -0.05) is 0 Å². The van der Waals surface area contributed by atoms with Crippen molar-refractivity contribution in [1.82, 2.24) is 0 Å². The normalized spacial score (nSPS) is 13.0. The Morgan fingerprint density at radius 1 is 1.67 bits per heavy atom. The molecule has 0 radical (unpaired) electrons. The summed E-state index contributed by atoms with van der Waals surface area (Å²) in [6.07, 6.45) is 0. The van der Waals surface area contributed by atoms with Crippen LogP contribution in [0.4, 0.5) is 0 Å². The molecule has 0 aliphatic carbocycles. The molecule has 0 unspecified atom stereocenters. The monoisotopic (exact) mass is 150 g/mol. The molecule has 0 heterocycles. The minimum absolute atomic E-state index is 0.289. The number of hydroxylamine groups is 1. The Morgan fingerprint density at radius 2 is 2.11 bits per heavy atom. The second kappa shape index (κ2) is 3.14. The van der Waals surface area contributed by atoms with Crippen LogP contribution in [0.15, 0.2) is 0 Å². The Morgan fingerprint density at radius 3 is 2.11 bits per heavy atom. The summed E-state index contributed by atoms with van der Waals surface area (Å²) < 4.78 is 10.2. The van der Waals surface area contributed by atoms with Gasteiger partial charge >= 0.3 is 11.4 Å². The van der Waals surface area contributed by atoms with E-state index in [1.807, 2.05) is 0 Å². The van der Waals surface area contributed by atoms with Crippen LogP contribution in [0.25, 0.3) is 0 Å². The van der Waals surface area contributed by atoms with Crippen molar-refractivity contribution in [2.75, 3.05) is 7.05 Å².